The van der Waals surface area contributed by atoms with E-state index in [9.17, 15) is 10.4 Å². The molecular weight excluding hydrogens is 310 g/mol. The SMILES string of the molecule is CC1=CCCC(c2c(C#N)c3cc(O)cnc3n2C2CCCC2)C=C1. The van der Waals surface area contributed by atoms with Gasteiger partial charge in [-0.25, -0.2) is 4.98 Å². The lowest BCUT2D eigenvalue weighted by Gasteiger charge is -2.21. The first-order valence-electron chi connectivity index (χ1n) is 9.17. The predicted octanol–water partition coefficient (Wildman–Crippen LogP) is 5.11. The molecule has 2 aliphatic carbocycles. The van der Waals surface area contributed by atoms with Gasteiger partial charge < -0.3 is 9.67 Å². The van der Waals surface area contributed by atoms with Crippen LogP contribution in [-0.4, -0.2) is 14.7 Å². The van der Waals surface area contributed by atoms with Gasteiger partial charge in [-0.15, -0.1) is 0 Å². The molecule has 4 heteroatoms. The summed E-state index contributed by atoms with van der Waals surface area (Å²) in [5.41, 5.74) is 3.89. The number of hydrogen-bond acceptors (Lipinski definition) is 3. The summed E-state index contributed by atoms with van der Waals surface area (Å²) in [6.45, 7) is 2.12. The summed E-state index contributed by atoms with van der Waals surface area (Å²) in [6, 6.07) is 4.51. The van der Waals surface area contributed by atoms with Crippen molar-refractivity contribution in [1.82, 2.24) is 9.55 Å². The van der Waals surface area contributed by atoms with Gasteiger partial charge in [-0.2, -0.15) is 5.26 Å². The van der Waals surface area contributed by atoms with Crippen LogP contribution in [0, 0.1) is 11.3 Å². The predicted molar refractivity (Wildman–Crippen MR) is 98.5 cm³/mol. The van der Waals surface area contributed by atoms with E-state index < -0.39 is 0 Å². The molecule has 0 spiro atoms. The molecule has 1 N–H and O–H groups in total. The second-order valence-electron chi connectivity index (χ2n) is 7.24. The summed E-state index contributed by atoms with van der Waals surface area (Å²) < 4.78 is 2.32. The standard InChI is InChI=1S/C21H23N3O/c1-14-5-4-6-15(10-9-14)20-19(12-22)18-11-17(25)13-23-21(18)24(20)16-7-2-3-8-16/h5,9-11,13,15-16,25H,2-4,6-8H2,1H3. The Balaban J connectivity index is 1.96. The molecule has 1 unspecified atom stereocenters. The van der Waals surface area contributed by atoms with E-state index in [4.69, 9.17) is 0 Å². The number of fused-ring (bicyclic) bond motifs is 1. The highest BCUT2D eigenvalue weighted by Gasteiger charge is 2.29. The Labute approximate surface area is 148 Å². The smallest absolute Gasteiger partial charge is 0.142 e. The van der Waals surface area contributed by atoms with Gasteiger partial charge in [0, 0.05) is 23.0 Å². The van der Waals surface area contributed by atoms with Gasteiger partial charge in [-0.1, -0.05) is 36.6 Å². The van der Waals surface area contributed by atoms with Crippen molar-refractivity contribution < 1.29 is 5.11 Å². The van der Waals surface area contributed by atoms with Crippen molar-refractivity contribution in [3.8, 4) is 11.8 Å². The molecule has 25 heavy (non-hydrogen) atoms. The molecule has 0 aromatic carbocycles. The van der Waals surface area contributed by atoms with Crippen LogP contribution in [-0.2, 0) is 0 Å². The van der Waals surface area contributed by atoms with Crippen molar-refractivity contribution in [2.75, 3.05) is 0 Å². The van der Waals surface area contributed by atoms with E-state index in [2.05, 4.69) is 40.8 Å². The summed E-state index contributed by atoms with van der Waals surface area (Å²) >= 11 is 0. The fourth-order valence-electron chi connectivity index (χ4n) is 4.36. The van der Waals surface area contributed by atoms with Gasteiger partial charge >= 0.3 is 0 Å². The number of allylic oxidation sites excluding steroid dienone is 4. The number of aromatic nitrogens is 2. The molecule has 128 valence electrons. The van der Waals surface area contributed by atoms with Gasteiger partial charge in [0.2, 0.25) is 0 Å². The molecule has 2 aliphatic rings. The van der Waals surface area contributed by atoms with Crippen molar-refractivity contribution in [2.24, 2.45) is 0 Å². The zero-order valence-electron chi connectivity index (χ0n) is 14.6. The maximum Gasteiger partial charge on any atom is 0.142 e. The number of nitrogens with zero attached hydrogens (tertiary/aromatic N) is 3. The minimum absolute atomic E-state index is 0.119. The molecule has 1 saturated carbocycles. The van der Waals surface area contributed by atoms with Crippen molar-refractivity contribution in [1.29, 1.82) is 5.26 Å². The molecule has 0 bridgehead atoms. The van der Waals surface area contributed by atoms with Crippen LogP contribution in [0.15, 0.2) is 36.1 Å². The molecule has 1 atom stereocenters. The second-order valence-corrected chi connectivity index (χ2v) is 7.24. The lowest BCUT2D eigenvalue weighted by atomic mass is 9.95. The van der Waals surface area contributed by atoms with Crippen molar-refractivity contribution in [2.45, 2.75) is 57.4 Å². The van der Waals surface area contributed by atoms with E-state index in [0.29, 0.717) is 11.6 Å². The van der Waals surface area contributed by atoms with E-state index in [0.717, 1.165) is 42.4 Å². The number of rotatable bonds is 2. The number of aromatic hydroxyl groups is 1. The van der Waals surface area contributed by atoms with Crippen LogP contribution in [0.1, 0.15) is 68.7 Å². The molecule has 2 aromatic rings. The molecule has 2 heterocycles. The molecule has 0 radical (unpaired) electrons. The summed E-state index contributed by atoms with van der Waals surface area (Å²) in [5, 5.41) is 20.6. The van der Waals surface area contributed by atoms with Crippen LogP contribution in [0.3, 0.4) is 0 Å². The highest BCUT2D eigenvalue weighted by molar-refractivity contribution is 5.86. The molecule has 0 amide bonds. The highest BCUT2D eigenvalue weighted by atomic mass is 16.3. The van der Waals surface area contributed by atoms with Crippen molar-refractivity contribution in [3.05, 3.63) is 47.3 Å². The summed E-state index contributed by atoms with van der Waals surface area (Å²) in [5.74, 6) is 0.327. The largest absolute Gasteiger partial charge is 0.506 e. The van der Waals surface area contributed by atoms with E-state index in [1.54, 1.807) is 6.07 Å². The summed E-state index contributed by atoms with van der Waals surface area (Å²) in [7, 11) is 0. The lowest BCUT2D eigenvalue weighted by molar-refractivity contribution is 0.472. The molecule has 4 rings (SSSR count). The van der Waals surface area contributed by atoms with Gasteiger partial charge in [-0.3, -0.25) is 0 Å². The molecule has 1 fully saturated rings. The Hall–Kier alpha value is -2.54. The maximum absolute atomic E-state index is 9.91. The van der Waals surface area contributed by atoms with Gasteiger partial charge in [0.25, 0.3) is 0 Å². The van der Waals surface area contributed by atoms with E-state index in [1.807, 2.05) is 0 Å². The van der Waals surface area contributed by atoms with Crippen molar-refractivity contribution >= 4 is 11.0 Å². The van der Waals surface area contributed by atoms with Crippen molar-refractivity contribution in [3.63, 3.8) is 0 Å². The van der Waals surface area contributed by atoms with E-state index >= 15 is 0 Å². The summed E-state index contributed by atoms with van der Waals surface area (Å²) in [4.78, 5) is 4.51. The molecule has 2 aromatic heterocycles. The first kappa shape index (κ1) is 16.0. The third-order valence-electron chi connectivity index (χ3n) is 5.55. The third-order valence-corrected chi connectivity index (χ3v) is 5.55. The second kappa shape index (κ2) is 6.40. The van der Waals surface area contributed by atoms with Gasteiger partial charge in [-0.05, 0) is 38.7 Å². The minimum Gasteiger partial charge on any atom is -0.506 e. The maximum atomic E-state index is 9.91. The zero-order chi connectivity index (χ0) is 17.4. The number of hydrogen-bond donors (Lipinski definition) is 1. The highest BCUT2D eigenvalue weighted by Crippen LogP contribution is 2.41. The van der Waals surface area contributed by atoms with Crippen LogP contribution in [0.5, 0.6) is 5.75 Å². The monoisotopic (exact) mass is 333 g/mol. The molecular formula is C21H23N3O. The number of pyridine rings is 1. The fraction of sp³-hybridized carbons (Fsp3) is 0.429. The van der Waals surface area contributed by atoms with Crippen LogP contribution in [0.2, 0.25) is 0 Å². The van der Waals surface area contributed by atoms with Crippen LogP contribution in [0.4, 0.5) is 0 Å². The lowest BCUT2D eigenvalue weighted by Crippen LogP contribution is -2.12. The third kappa shape index (κ3) is 2.74. The first-order valence-corrected chi connectivity index (χ1v) is 9.17. The fourth-order valence-corrected chi connectivity index (χ4v) is 4.36. The molecule has 0 aliphatic heterocycles. The Morgan fingerprint density at radius 1 is 1.28 bits per heavy atom. The van der Waals surface area contributed by atoms with Gasteiger partial charge in [0.15, 0.2) is 0 Å². The molecule has 4 nitrogen and oxygen atoms in total. The zero-order valence-corrected chi connectivity index (χ0v) is 14.6. The van der Waals surface area contributed by atoms with E-state index in [-0.39, 0.29) is 11.7 Å². The quantitative estimate of drug-likeness (QED) is 0.831. The average molecular weight is 333 g/mol. The van der Waals surface area contributed by atoms with Crippen LogP contribution >= 0.6 is 0 Å². The topological polar surface area (TPSA) is 61.8 Å². The Bertz CT molecular complexity index is 907. The van der Waals surface area contributed by atoms with Crippen LogP contribution in [0.25, 0.3) is 11.0 Å². The number of nitriles is 1. The average Bonchev–Trinajstić information content (AvgIpc) is 3.17. The first-order chi connectivity index (χ1) is 12.2. The Morgan fingerprint density at radius 2 is 2.08 bits per heavy atom. The summed E-state index contributed by atoms with van der Waals surface area (Å²) in [6.07, 6.45) is 14.9. The van der Waals surface area contributed by atoms with Gasteiger partial charge in [0.05, 0.1) is 11.8 Å². The van der Waals surface area contributed by atoms with Gasteiger partial charge in [0.1, 0.15) is 17.5 Å². The normalized spacial score (nSPS) is 21.3. The van der Waals surface area contributed by atoms with Crippen LogP contribution < -0.4 is 0 Å². The molecule has 0 saturated heterocycles. The Kier molecular flexibility index (Phi) is 4.09. The Morgan fingerprint density at radius 3 is 2.84 bits per heavy atom. The minimum atomic E-state index is 0.119. The van der Waals surface area contributed by atoms with E-state index in [1.165, 1.54) is 24.6 Å².